The maximum Gasteiger partial charge on any atom is 0.226 e. The summed E-state index contributed by atoms with van der Waals surface area (Å²) in [6.07, 6.45) is 1.73. The Labute approximate surface area is 146 Å². The van der Waals surface area contributed by atoms with Crippen molar-refractivity contribution in [2.45, 2.75) is 12.3 Å². The summed E-state index contributed by atoms with van der Waals surface area (Å²) < 4.78 is 1.50. The summed E-state index contributed by atoms with van der Waals surface area (Å²) in [7, 11) is 1.70. The predicted octanol–water partition coefficient (Wildman–Crippen LogP) is 3.45. The molecule has 1 amide bonds. The third kappa shape index (κ3) is 3.75. The Hall–Kier alpha value is -3.39. The van der Waals surface area contributed by atoms with Gasteiger partial charge in [0.1, 0.15) is 17.5 Å². The van der Waals surface area contributed by atoms with Crippen molar-refractivity contribution in [1.82, 2.24) is 9.78 Å². The number of nitrogens with zero attached hydrogens (tertiary/aromatic N) is 3. The number of benzene rings is 2. The number of nitrogens with one attached hydrogen (secondary N) is 1. The molecular formula is C20H18N4O. The molecule has 25 heavy (non-hydrogen) atoms. The van der Waals surface area contributed by atoms with Crippen LogP contribution >= 0.6 is 0 Å². The molecule has 2 aromatic carbocycles. The number of aromatic nitrogens is 2. The van der Waals surface area contributed by atoms with Gasteiger partial charge in [-0.05, 0) is 11.1 Å². The molecule has 0 bridgehead atoms. The van der Waals surface area contributed by atoms with E-state index >= 15 is 0 Å². The summed E-state index contributed by atoms with van der Waals surface area (Å²) in [4.78, 5) is 12.6. The van der Waals surface area contributed by atoms with Gasteiger partial charge in [0.25, 0.3) is 0 Å². The second kappa shape index (κ2) is 7.45. The van der Waals surface area contributed by atoms with E-state index in [2.05, 4.69) is 10.4 Å². The van der Waals surface area contributed by atoms with Gasteiger partial charge in [-0.2, -0.15) is 10.4 Å². The molecule has 0 aliphatic heterocycles. The molecule has 3 aromatic rings. The van der Waals surface area contributed by atoms with Crippen molar-refractivity contribution in [3.05, 3.63) is 83.6 Å². The van der Waals surface area contributed by atoms with Crippen LogP contribution in [0.5, 0.6) is 0 Å². The molecule has 0 saturated heterocycles. The fourth-order valence-corrected chi connectivity index (χ4v) is 2.83. The largest absolute Gasteiger partial charge is 0.310 e. The maximum absolute atomic E-state index is 12.6. The molecule has 5 nitrogen and oxygen atoms in total. The molecule has 1 heterocycles. The molecular weight excluding hydrogens is 312 g/mol. The summed E-state index contributed by atoms with van der Waals surface area (Å²) in [6.45, 7) is 0. The lowest BCUT2D eigenvalue weighted by molar-refractivity contribution is -0.116. The van der Waals surface area contributed by atoms with E-state index in [-0.39, 0.29) is 18.2 Å². The maximum atomic E-state index is 12.6. The first-order valence-corrected chi connectivity index (χ1v) is 8.01. The third-order valence-corrected chi connectivity index (χ3v) is 4.11. The second-order valence-electron chi connectivity index (χ2n) is 5.77. The molecule has 0 spiro atoms. The first-order chi connectivity index (χ1) is 12.2. The monoisotopic (exact) mass is 330 g/mol. The van der Waals surface area contributed by atoms with E-state index in [1.807, 2.05) is 66.7 Å². The van der Waals surface area contributed by atoms with Crippen LogP contribution in [0.2, 0.25) is 0 Å². The van der Waals surface area contributed by atoms with Gasteiger partial charge in [0.05, 0.1) is 6.20 Å². The van der Waals surface area contributed by atoms with Crippen molar-refractivity contribution >= 4 is 11.7 Å². The molecule has 5 heteroatoms. The highest BCUT2D eigenvalue weighted by atomic mass is 16.1. The van der Waals surface area contributed by atoms with Gasteiger partial charge in [-0.15, -0.1) is 0 Å². The summed E-state index contributed by atoms with van der Waals surface area (Å²) in [5.74, 6) is 0.214. The minimum absolute atomic E-state index is 0.0545. The third-order valence-electron chi connectivity index (χ3n) is 4.11. The van der Waals surface area contributed by atoms with Gasteiger partial charge in [0.2, 0.25) is 5.91 Å². The Morgan fingerprint density at radius 2 is 1.68 bits per heavy atom. The number of rotatable bonds is 5. The molecule has 0 atom stereocenters. The predicted molar refractivity (Wildman–Crippen MR) is 95.9 cm³/mol. The van der Waals surface area contributed by atoms with Gasteiger partial charge < -0.3 is 5.32 Å². The summed E-state index contributed by atoms with van der Waals surface area (Å²) in [5, 5.41) is 16.0. The number of anilines is 1. The Morgan fingerprint density at radius 3 is 2.20 bits per heavy atom. The standard InChI is InChI=1S/C20H18N4O/c1-24-20(17(13-21)14-22-24)23-19(25)12-18(15-8-4-2-5-9-15)16-10-6-3-7-11-16/h2-11,14,18H,12H2,1H3,(H,23,25). The quantitative estimate of drug-likeness (QED) is 0.779. The van der Waals surface area contributed by atoms with Crippen LogP contribution in [-0.4, -0.2) is 15.7 Å². The van der Waals surface area contributed by atoms with Gasteiger partial charge >= 0.3 is 0 Å². The Morgan fingerprint density at radius 1 is 1.12 bits per heavy atom. The zero-order valence-electron chi connectivity index (χ0n) is 13.9. The molecule has 3 rings (SSSR count). The number of amides is 1. The molecule has 0 aliphatic carbocycles. The van der Waals surface area contributed by atoms with Gasteiger partial charge in [-0.25, -0.2) is 0 Å². The minimum atomic E-state index is -0.155. The molecule has 1 aromatic heterocycles. The van der Waals surface area contributed by atoms with Crippen molar-refractivity contribution in [2.24, 2.45) is 7.05 Å². The van der Waals surface area contributed by atoms with Crippen LogP contribution in [0.25, 0.3) is 0 Å². The van der Waals surface area contributed by atoms with Gasteiger partial charge in [0.15, 0.2) is 0 Å². The Kier molecular flexibility index (Phi) is 4.91. The molecule has 0 radical (unpaired) electrons. The van der Waals surface area contributed by atoms with Crippen LogP contribution in [0.4, 0.5) is 5.82 Å². The lowest BCUT2D eigenvalue weighted by Gasteiger charge is -2.18. The van der Waals surface area contributed by atoms with E-state index in [0.29, 0.717) is 11.4 Å². The van der Waals surface area contributed by atoms with Crippen LogP contribution in [0.3, 0.4) is 0 Å². The smallest absolute Gasteiger partial charge is 0.226 e. The summed E-state index contributed by atoms with van der Waals surface area (Å²) in [5.41, 5.74) is 2.51. The average Bonchev–Trinajstić information content (AvgIpc) is 3.01. The van der Waals surface area contributed by atoms with Crippen LogP contribution in [-0.2, 0) is 11.8 Å². The van der Waals surface area contributed by atoms with Crippen molar-refractivity contribution in [3.8, 4) is 6.07 Å². The molecule has 124 valence electrons. The van der Waals surface area contributed by atoms with Crippen LogP contribution in [0, 0.1) is 11.3 Å². The van der Waals surface area contributed by atoms with E-state index in [0.717, 1.165) is 11.1 Å². The highest BCUT2D eigenvalue weighted by Gasteiger charge is 2.20. The first-order valence-electron chi connectivity index (χ1n) is 8.01. The molecule has 0 unspecified atom stereocenters. The normalized spacial score (nSPS) is 10.4. The topological polar surface area (TPSA) is 70.7 Å². The van der Waals surface area contributed by atoms with Crippen molar-refractivity contribution in [2.75, 3.05) is 5.32 Å². The molecule has 0 aliphatic rings. The van der Waals surface area contributed by atoms with Crippen molar-refractivity contribution < 1.29 is 4.79 Å². The van der Waals surface area contributed by atoms with E-state index in [1.54, 1.807) is 7.05 Å². The van der Waals surface area contributed by atoms with Gasteiger partial charge in [-0.3, -0.25) is 9.48 Å². The number of hydrogen-bond donors (Lipinski definition) is 1. The lowest BCUT2D eigenvalue weighted by atomic mass is 9.88. The zero-order valence-corrected chi connectivity index (χ0v) is 13.9. The van der Waals surface area contributed by atoms with E-state index in [1.165, 1.54) is 10.9 Å². The number of hydrogen-bond acceptors (Lipinski definition) is 3. The SMILES string of the molecule is Cn1ncc(C#N)c1NC(=O)CC(c1ccccc1)c1ccccc1. The fourth-order valence-electron chi connectivity index (χ4n) is 2.83. The molecule has 1 N–H and O–H groups in total. The molecule has 0 saturated carbocycles. The highest BCUT2D eigenvalue weighted by Crippen LogP contribution is 2.28. The number of nitriles is 1. The van der Waals surface area contributed by atoms with Gasteiger partial charge in [0, 0.05) is 19.4 Å². The average molecular weight is 330 g/mol. The van der Waals surface area contributed by atoms with Gasteiger partial charge in [-0.1, -0.05) is 60.7 Å². The number of aryl methyl sites for hydroxylation is 1. The lowest BCUT2D eigenvalue weighted by Crippen LogP contribution is -2.18. The minimum Gasteiger partial charge on any atom is -0.310 e. The zero-order chi connectivity index (χ0) is 17.6. The number of carbonyl (C=O) groups is 1. The first kappa shape index (κ1) is 16.5. The Bertz CT molecular complexity index is 855. The second-order valence-corrected chi connectivity index (χ2v) is 5.77. The van der Waals surface area contributed by atoms with Crippen molar-refractivity contribution in [3.63, 3.8) is 0 Å². The highest BCUT2D eigenvalue weighted by molar-refractivity contribution is 5.91. The molecule has 0 fully saturated rings. The van der Waals surface area contributed by atoms with E-state index in [9.17, 15) is 4.79 Å². The van der Waals surface area contributed by atoms with E-state index < -0.39 is 0 Å². The van der Waals surface area contributed by atoms with Crippen molar-refractivity contribution in [1.29, 1.82) is 5.26 Å². The van der Waals surface area contributed by atoms with Crippen LogP contribution in [0.1, 0.15) is 29.0 Å². The van der Waals surface area contributed by atoms with E-state index in [4.69, 9.17) is 5.26 Å². The number of carbonyl (C=O) groups excluding carboxylic acids is 1. The summed E-state index contributed by atoms with van der Waals surface area (Å²) >= 11 is 0. The fraction of sp³-hybridized carbons (Fsp3) is 0.150. The summed E-state index contributed by atoms with van der Waals surface area (Å²) in [6, 6.07) is 21.9. The van der Waals surface area contributed by atoms with Crippen LogP contribution < -0.4 is 5.32 Å². The Balaban J connectivity index is 1.85. The van der Waals surface area contributed by atoms with Crippen LogP contribution in [0.15, 0.2) is 66.9 Å².